The van der Waals surface area contributed by atoms with E-state index in [1.807, 2.05) is 12.1 Å². The largest absolute Gasteiger partial charge is 0.454 e. The molecule has 286 valence electrons. The molecule has 0 saturated carbocycles. The van der Waals surface area contributed by atoms with Crippen molar-refractivity contribution in [1.82, 2.24) is 0 Å². The summed E-state index contributed by atoms with van der Waals surface area (Å²) in [5, 5.41) is 2.23. The second-order valence-corrected chi connectivity index (χ2v) is 16.2. The molecular formula is C57H42N2O. The van der Waals surface area contributed by atoms with E-state index in [0.29, 0.717) is 0 Å². The van der Waals surface area contributed by atoms with Crippen LogP contribution in [0.25, 0.3) is 55.3 Å². The Morgan fingerprint density at radius 3 is 1.47 bits per heavy atom. The van der Waals surface area contributed by atoms with Gasteiger partial charge in [-0.1, -0.05) is 159 Å². The SMILES string of the molecule is CC1(C)c2ccccc2-c2ccc(N(c3ccccc3)c3ccc(-c4ccc(-c5ccc(N(c6ccccc6)c6cccc7c6oc6ccccc67)cc5)cc4)cc3)cc21. The summed E-state index contributed by atoms with van der Waals surface area (Å²) in [4.78, 5) is 4.65. The summed E-state index contributed by atoms with van der Waals surface area (Å²) in [6, 6.07) is 78.3. The molecule has 3 heteroatoms. The molecule has 0 unspecified atom stereocenters. The van der Waals surface area contributed by atoms with Crippen LogP contribution in [0.3, 0.4) is 0 Å². The van der Waals surface area contributed by atoms with Gasteiger partial charge in [-0.15, -0.1) is 0 Å². The van der Waals surface area contributed by atoms with Gasteiger partial charge < -0.3 is 14.2 Å². The molecule has 0 N–H and O–H groups in total. The van der Waals surface area contributed by atoms with Crippen molar-refractivity contribution in [2.24, 2.45) is 0 Å². The molecular weight excluding hydrogens is 729 g/mol. The van der Waals surface area contributed by atoms with Crippen molar-refractivity contribution in [3.63, 3.8) is 0 Å². The number of nitrogens with zero attached hydrogens (tertiary/aromatic N) is 2. The lowest BCUT2D eigenvalue weighted by Crippen LogP contribution is -2.16. The molecule has 0 radical (unpaired) electrons. The third kappa shape index (κ3) is 5.98. The monoisotopic (exact) mass is 770 g/mol. The number of benzene rings is 9. The van der Waals surface area contributed by atoms with Crippen LogP contribution in [0.1, 0.15) is 25.0 Å². The zero-order valence-electron chi connectivity index (χ0n) is 33.6. The minimum absolute atomic E-state index is 0.0731. The summed E-state index contributed by atoms with van der Waals surface area (Å²) < 4.78 is 6.49. The van der Waals surface area contributed by atoms with E-state index in [1.165, 1.54) is 38.9 Å². The summed E-state index contributed by atoms with van der Waals surface area (Å²) in [7, 11) is 0. The lowest BCUT2D eigenvalue weighted by molar-refractivity contribution is 0.660. The molecule has 1 aliphatic carbocycles. The zero-order valence-corrected chi connectivity index (χ0v) is 33.6. The molecule has 1 aliphatic rings. The Kier molecular flexibility index (Phi) is 8.49. The van der Waals surface area contributed by atoms with Crippen molar-refractivity contribution >= 4 is 56.1 Å². The first-order chi connectivity index (χ1) is 29.5. The van der Waals surface area contributed by atoms with Crippen molar-refractivity contribution < 1.29 is 4.42 Å². The van der Waals surface area contributed by atoms with Crippen LogP contribution < -0.4 is 9.80 Å². The second kappa shape index (κ2) is 14.3. The fourth-order valence-corrected chi connectivity index (χ4v) is 9.23. The van der Waals surface area contributed by atoms with E-state index in [9.17, 15) is 0 Å². The van der Waals surface area contributed by atoms with Gasteiger partial charge in [0.05, 0.1) is 5.69 Å². The Balaban J connectivity index is 0.880. The molecule has 1 aromatic heterocycles. The molecule has 0 bridgehead atoms. The summed E-state index contributed by atoms with van der Waals surface area (Å²) in [5.74, 6) is 0. The summed E-state index contributed by atoms with van der Waals surface area (Å²) in [6.07, 6.45) is 0. The predicted octanol–water partition coefficient (Wildman–Crippen LogP) is 16.2. The number of furan rings is 1. The number of hydrogen-bond acceptors (Lipinski definition) is 3. The van der Waals surface area contributed by atoms with Crippen molar-refractivity contribution in [3.05, 3.63) is 230 Å². The van der Waals surface area contributed by atoms with Gasteiger partial charge in [0.15, 0.2) is 5.58 Å². The lowest BCUT2D eigenvalue weighted by atomic mass is 9.82. The van der Waals surface area contributed by atoms with Gasteiger partial charge in [0.1, 0.15) is 5.58 Å². The lowest BCUT2D eigenvalue weighted by Gasteiger charge is -2.28. The highest BCUT2D eigenvalue weighted by atomic mass is 16.3. The Bertz CT molecular complexity index is 3150. The first-order valence-electron chi connectivity index (χ1n) is 20.7. The van der Waals surface area contributed by atoms with Crippen LogP contribution >= 0.6 is 0 Å². The fraction of sp³-hybridized carbons (Fsp3) is 0.0526. The van der Waals surface area contributed by atoms with Crippen molar-refractivity contribution in [3.8, 4) is 33.4 Å². The average Bonchev–Trinajstić information content (AvgIpc) is 3.80. The molecule has 0 spiro atoms. The van der Waals surface area contributed by atoms with Crippen LogP contribution in [0.2, 0.25) is 0 Å². The van der Waals surface area contributed by atoms with E-state index in [2.05, 4.69) is 230 Å². The van der Waals surface area contributed by atoms with E-state index in [4.69, 9.17) is 4.42 Å². The smallest absolute Gasteiger partial charge is 0.159 e. The number of para-hydroxylation sites is 4. The third-order valence-electron chi connectivity index (χ3n) is 12.3. The van der Waals surface area contributed by atoms with Gasteiger partial charge in [-0.25, -0.2) is 0 Å². The molecule has 0 amide bonds. The highest BCUT2D eigenvalue weighted by Crippen LogP contribution is 2.51. The molecule has 1 heterocycles. The van der Waals surface area contributed by atoms with Crippen molar-refractivity contribution in [2.75, 3.05) is 9.80 Å². The van der Waals surface area contributed by atoms with Crippen LogP contribution in [0.15, 0.2) is 223 Å². The first kappa shape index (κ1) is 35.5. The number of hydrogen-bond donors (Lipinski definition) is 0. The number of rotatable bonds is 8. The first-order valence-corrected chi connectivity index (χ1v) is 20.7. The molecule has 0 atom stereocenters. The van der Waals surface area contributed by atoms with Crippen molar-refractivity contribution in [1.29, 1.82) is 0 Å². The zero-order chi connectivity index (χ0) is 40.2. The Labute approximate surface area is 351 Å². The van der Waals surface area contributed by atoms with Gasteiger partial charge in [0.25, 0.3) is 0 Å². The van der Waals surface area contributed by atoms with E-state index >= 15 is 0 Å². The molecule has 0 saturated heterocycles. The van der Waals surface area contributed by atoms with E-state index in [1.54, 1.807) is 0 Å². The molecule has 0 aliphatic heterocycles. The van der Waals surface area contributed by atoms with E-state index in [-0.39, 0.29) is 5.41 Å². The Hall–Kier alpha value is -7.62. The van der Waals surface area contributed by atoms with Crippen LogP contribution in [-0.2, 0) is 5.41 Å². The minimum atomic E-state index is -0.0731. The van der Waals surface area contributed by atoms with Crippen LogP contribution in [0.5, 0.6) is 0 Å². The second-order valence-electron chi connectivity index (χ2n) is 16.2. The number of fused-ring (bicyclic) bond motifs is 6. The molecule has 0 fully saturated rings. The van der Waals surface area contributed by atoms with Crippen LogP contribution in [-0.4, -0.2) is 0 Å². The summed E-state index contributed by atoms with van der Waals surface area (Å²) >= 11 is 0. The maximum Gasteiger partial charge on any atom is 0.159 e. The fourth-order valence-electron chi connectivity index (χ4n) is 9.23. The summed E-state index contributed by atoms with van der Waals surface area (Å²) in [5.41, 5.74) is 18.4. The highest BCUT2D eigenvalue weighted by molar-refractivity contribution is 6.10. The topological polar surface area (TPSA) is 19.6 Å². The summed E-state index contributed by atoms with van der Waals surface area (Å²) in [6.45, 7) is 4.68. The normalized spacial score (nSPS) is 12.6. The molecule has 11 rings (SSSR count). The van der Waals surface area contributed by atoms with E-state index < -0.39 is 0 Å². The maximum absolute atomic E-state index is 6.49. The van der Waals surface area contributed by atoms with Crippen LogP contribution in [0.4, 0.5) is 34.1 Å². The van der Waals surface area contributed by atoms with E-state index in [0.717, 1.165) is 61.6 Å². The third-order valence-corrected chi connectivity index (χ3v) is 12.3. The molecule has 10 aromatic rings. The highest BCUT2D eigenvalue weighted by Gasteiger charge is 2.35. The Morgan fingerprint density at radius 2 is 0.817 bits per heavy atom. The molecule has 9 aromatic carbocycles. The van der Waals surface area contributed by atoms with Gasteiger partial charge in [0.2, 0.25) is 0 Å². The molecule has 60 heavy (non-hydrogen) atoms. The minimum Gasteiger partial charge on any atom is -0.454 e. The van der Waals surface area contributed by atoms with Gasteiger partial charge in [0, 0.05) is 44.6 Å². The predicted molar refractivity (Wildman–Crippen MR) is 252 cm³/mol. The maximum atomic E-state index is 6.49. The average molecular weight is 771 g/mol. The van der Waals surface area contributed by atoms with Gasteiger partial charge in [-0.05, 0) is 117 Å². The standard InChI is InChI=1S/C57H42N2O/c1-57(2)52-21-11-9-18-48(52)49-37-36-47(38-53(49)57)58(43-14-5-3-6-15-43)45-32-28-41(29-33-45)39-24-26-40(27-25-39)42-30-34-46(35-31-42)59(44-16-7-4-8-17-44)54-22-13-20-51-50-19-10-12-23-55(50)60-56(51)54/h3-38H,1-2H3. The van der Waals surface area contributed by atoms with Gasteiger partial charge >= 0.3 is 0 Å². The molecule has 3 nitrogen and oxygen atoms in total. The van der Waals surface area contributed by atoms with Gasteiger partial charge in [-0.2, -0.15) is 0 Å². The van der Waals surface area contributed by atoms with Crippen LogP contribution in [0, 0.1) is 0 Å². The quantitative estimate of drug-likeness (QED) is 0.153. The van der Waals surface area contributed by atoms with Crippen molar-refractivity contribution in [2.45, 2.75) is 19.3 Å². The number of anilines is 6. The Morgan fingerprint density at radius 1 is 0.350 bits per heavy atom. The van der Waals surface area contributed by atoms with Gasteiger partial charge in [-0.3, -0.25) is 0 Å².